The van der Waals surface area contributed by atoms with Gasteiger partial charge in [0, 0.05) is 25.5 Å². The largest absolute Gasteiger partial charge is 0.298 e. The van der Waals surface area contributed by atoms with Gasteiger partial charge in [0.1, 0.15) is 0 Å². The number of hydrogen-bond donors (Lipinski definition) is 0. The van der Waals surface area contributed by atoms with Crippen molar-refractivity contribution < 1.29 is 0 Å². The van der Waals surface area contributed by atoms with Crippen molar-refractivity contribution in [2.24, 2.45) is 5.10 Å². The molecule has 0 bridgehead atoms. The van der Waals surface area contributed by atoms with E-state index in [0.29, 0.717) is 0 Å². The summed E-state index contributed by atoms with van der Waals surface area (Å²) in [6, 6.07) is 3.88. The summed E-state index contributed by atoms with van der Waals surface area (Å²) in [6.45, 7) is 6.07. The number of hydrogen-bond acceptors (Lipinski definition) is 3. The average molecular weight is 177 g/mol. The summed E-state index contributed by atoms with van der Waals surface area (Å²) in [7, 11) is 0. The quantitative estimate of drug-likeness (QED) is 0.518. The Bertz CT molecular complexity index is 252. The molecule has 3 nitrogen and oxygen atoms in total. The van der Waals surface area contributed by atoms with Gasteiger partial charge in [0.15, 0.2) is 0 Å². The Balaban J connectivity index is 2.57. The monoisotopic (exact) mass is 177 g/mol. The second kappa shape index (κ2) is 5.30. The van der Waals surface area contributed by atoms with Crippen LogP contribution in [0.1, 0.15) is 19.4 Å². The van der Waals surface area contributed by atoms with Gasteiger partial charge in [-0.05, 0) is 31.5 Å². The highest BCUT2D eigenvalue weighted by Crippen LogP contribution is 1.93. The van der Waals surface area contributed by atoms with Crippen LogP contribution in [0.5, 0.6) is 0 Å². The van der Waals surface area contributed by atoms with Gasteiger partial charge < -0.3 is 0 Å². The molecule has 1 aromatic heterocycles. The molecule has 0 unspecified atom stereocenters. The lowest BCUT2D eigenvalue weighted by Crippen LogP contribution is -2.15. The van der Waals surface area contributed by atoms with Gasteiger partial charge in [-0.3, -0.25) is 9.99 Å². The standard InChI is InChI=1S/C10H15N3/c1-3-13(4-2)12-9-10-5-7-11-8-6-10/h5-9H,3-4H2,1-2H3/b12-9+. The van der Waals surface area contributed by atoms with Crippen LogP contribution in [0.15, 0.2) is 29.6 Å². The van der Waals surface area contributed by atoms with Gasteiger partial charge in [0.25, 0.3) is 0 Å². The summed E-state index contributed by atoms with van der Waals surface area (Å²) in [6.07, 6.45) is 5.39. The fourth-order valence-corrected chi connectivity index (χ4v) is 0.985. The first-order valence-electron chi connectivity index (χ1n) is 4.55. The normalized spacial score (nSPS) is 10.6. The fourth-order valence-electron chi connectivity index (χ4n) is 0.985. The maximum atomic E-state index is 4.31. The summed E-state index contributed by atoms with van der Waals surface area (Å²) in [4.78, 5) is 3.94. The topological polar surface area (TPSA) is 28.5 Å². The molecule has 70 valence electrons. The summed E-state index contributed by atoms with van der Waals surface area (Å²) in [5, 5.41) is 6.31. The molecule has 3 heteroatoms. The van der Waals surface area contributed by atoms with Crippen molar-refractivity contribution >= 4 is 6.21 Å². The Hall–Kier alpha value is -1.38. The first kappa shape index (κ1) is 9.71. The second-order valence-corrected chi connectivity index (χ2v) is 2.66. The molecule has 0 atom stereocenters. The molecule has 0 saturated heterocycles. The molecule has 1 heterocycles. The van der Waals surface area contributed by atoms with Gasteiger partial charge in [0.2, 0.25) is 0 Å². The molecule has 0 fully saturated rings. The van der Waals surface area contributed by atoms with Gasteiger partial charge >= 0.3 is 0 Å². The van der Waals surface area contributed by atoms with Crippen molar-refractivity contribution in [1.29, 1.82) is 0 Å². The van der Waals surface area contributed by atoms with Crippen LogP contribution in [0, 0.1) is 0 Å². The first-order valence-corrected chi connectivity index (χ1v) is 4.55. The molecule has 13 heavy (non-hydrogen) atoms. The molecule has 0 radical (unpaired) electrons. The molecular formula is C10H15N3. The van der Waals surface area contributed by atoms with Crippen LogP contribution in [-0.2, 0) is 0 Å². The number of hydrazone groups is 1. The van der Waals surface area contributed by atoms with E-state index in [4.69, 9.17) is 0 Å². The molecule has 0 aromatic carbocycles. The van der Waals surface area contributed by atoms with Crippen LogP contribution in [-0.4, -0.2) is 29.3 Å². The van der Waals surface area contributed by atoms with Crippen molar-refractivity contribution in [2.45, 2.75) is 13.8 Å². The minimum absolute atomic E-state index is 0.943. The lowest BCUT2D eigenvalue weighted by atomic mass is 10.3. The third kappa shape index (κ3) is 3.23. The highest BCUT2D eigenvalue weighted by molar-refractivity contribution is 5.78. The predicted octanol–water partition coefficient (Wildman–Crippen LogP) is 1.76. The fraction of sp³-hybridized carbons (Fsp3) is 0.400. The van der Waals surface area contributed by atoms with Gasteiger partial charge in [-0.25, -0.2) is 0 Å². The van der Waals surface area contributed by atoms with Crippen molar-refractivity contribution in [2.75, 3.05) is 13.1 Å². The summed E-state index contributed by atoms with van der Waals surface area (Å²) < 4.78 is 0. The highest BCUT2D eigenvalue weighted by Gasteiger charge is 1.90. The van der Waals surface area contributed by atoms with Crippen molar-refractivity contribution in [1.82, 2.24) is 9.99 Å². The zero-order chi connectivity index (χ0) is 9.52. The Morgan fingerprint density at radius 1 is 1.31 bits per heavy atom. The maximum Gasteiger partial charge on any atom is 0.0544 e. The van der Waals surface area contributed by atoms with Gasteiger partial charge in [-0.2, -0.15) is 5.10 Å². The molecule has 0 aliphatic heterocycles. The van der Waals surface area contributed by atoms with E-state index in [-0.39, 0.29) is 0 Å². The van der Waals surface area contributed by atoms with Crippen LogP contribution in [0.2, 0.25) is 0 Å². The van der Waals surface area contributed by atoms with Gasteiger partial charge in [-0.1, -0.05) is 0 Å². The third-order valence-corrected chi connectivity index (χ3v) is 1.81. The van der Waals surface area contributed by atoms with Crippen molar-refractivity contribution in [3.05, 3.63) is 30.1 Å². The molecule has 0 aliphatic rings. The lowest BCUT2D eigenvalue weighted by molar-refractivity contribution is 0.323. The molecule has 1 rings (SSSR count). The van der Waals surface area contributed by atoms with Gasteiger partial charge in [-0.15, -0.1) is 0 Å². The smallest absolute Gasteiger partial charge is 0.0544 e. The van der Waals surface area contributed by atoms with Crippen LogP contribution in [0.25, 0.3) is 0 Å². The van der Waals surface area contributed by atoms with Crippen molar-refractivity contribution in [3.8, 4) is 0 Å². The minimum Gasteiger partial charge on any atom is -0.298 e. The predicted molar refractivity (Wildman–Crippen MR) is 54.8 cm³/mol. The average Bonchev–Trinajstić information content (AvgIpc) is 2.21. The summed E-state index contributed by atoms with van der Waals surface area (Å²) in [5.41, 5.74) is 1.09. The van der Waals surface area contributed by atoms with Crippen LogP contribution in [0.4, 0.5) is 0 Å². The van der Waals surface area contributed by atoms with E-state index in [1.54, 1.807) is 12.4 Å². The Labute approximate surface area is 79.1 Å². The highest BCUT2D eigenvalue weighted by atomic mass is 15.4. The van der Waals surface area contributed by atoms with Crippen LogP contribution in [0.3, 0.4) is 0 Å². The van der Waals surface area contributed by atoms with E-state index in [9.17, 15) is 0 Å². The lowest BCUT2D eigenvalue weighted by Gasteiger charge is -2.12. The van der Waals surface area contributed by atoms with E-state index in [0.717, 1.165) is 18.7 Å². The van der Waals surface area contributed by atoms with E-state index in [2.05, 4.69) is 23.9 Å². The van der Waals surface area contributed by atoms with Crippen molar-refractivity contribution in [3.63, 3.8) is 0 Å². The third-order valence-electron chi connectivity index (χ3n) is 1.81. The zero-order valence-corrected chi connectivity index (χ0v) is 8.14. The van der Waals surface area contributed by atoms with E-state index >= 15 is 0 Å². The van der Waals surface area contributed by atoms with Gasteiger partial charge in [0.05, 0.1) is 6.21 Å². The van der Waals surface area contributed by atoms with Crippen LogP contribution < -0.4 is 0 Å². The van der Waals surface area contributed by atoms with E-state index in [1.165, 1.54) is 0 Å². The Kier molecular flexibility index (Phi) is 3.96. The van der Waals surface area contributed by atoms with E-state index in [1.807, 2.05) is 23.4 Å². The Morgan fingerprint density at radius 2 is 1.92 bits per heavy atom. The molecule has 0 amide bonds. The minimum atomic E-state index is 0.943. The molecular weight excluding hydrogens is 162 g/mol. The number of pyridine rings is 1. The van der Waals surface area contributed by atoms with E-state index < -0.39 is 0 Å². The second-order valence-electron chi connectivity index (χ2n) is 2.66. The molecule has 0 spiro atoms. The SMILES string of the molecule is CCN(CC)/N=C/c1ccncc1. The maximum absolute atomic E-state index is 4.31. The molecule has 0 N–H and O–H groups in total. The first-order chi connectivity index (χ1) is 6.36. The molecule has 0 saturated carbocycles. The van der Waals surface area contributed by atoms with Crippen LogP contribution >= 0.6 is 0 Å². The number of rotatable bonds is 4. The summed E-state index contributed by atoms with van der Waals surface area (Å²) in [5.74, 6) is 0. The molecule has 1 aromatic rings. The molecule has 0 aliphatic carbocycles. The number of aromatic nitrogens is 1. The number of nitrogens with zero attached hydrogens (tertiary/aromatic N) is 3. The summed E-state index contributed by atoms with van der Waals surface area (Å²) >= 11 is 0. The zero-order valence-electron chi connectivity index (χ0n) is 8.14. The Morgan fingerprint density at radius 3 is 2.46 bits per heavy atom.